The van der Waals surface area contributed by atoms with Crippen LogP contribution in [0.4, 0.5) is 5.69 Å². The highest BCUT2D eigenvalue weighted by Gasteiger charge is 2.11. The Morgan fingerprint density at radius 3 is 2.50 bits per heavy atom. The minimum Gasteiger partial charge on any atom is -0.325 e. The van der Waals surface area contributed by atoms with Gasteiger partial charge in [-0.25, -0.2) is 4.68 Å². The zero-order valence-electron chi connectivity index (χ0n) is 10.1. The number of nitrogens with zero attached hydrogens (tertiary/aromatic N) is 3. The van der Waals surface area contributed by atoms with Gasteiger partial charge in [0.25, 0.3) is 0 Å². The molecule has 1 aromatic heterocycles. The van der Waals surface area contributed by atoms with Crippen molar-refractivity contribution < 1.29 is 4.79 Å². The average molecular weight is 468 g/mol. The zero-order valence-corrected chi connectivity index (χ0v) is 14.9. The van der Waals surface area contributed by atoms with Crippen LogP contribution in [0.1, 0.15) is 5.69 Å². The third-order valence-electron chi connectivity index (χ3n) is 2.37. The molecule has 2 aromatic rings. The molecule has 20 heavy (non-hydrogen) atoms. The van der Waals surface area contributed by atoms with Gasteiger partial charge in [0.1, 0.15) is 6.54 Å². The van der Waals surface area contributed by atoms with Gasteiger partial charge in [0.2, 0.25) is 5.91 Å². The summed E-state index contributed by atoms with van der Waals surface area (Å²) in [7, 11) is 0. The fourth-order valence-corrected chi connectivity index (χ4v) is 3.95. The van der Waals surface area contributed by atoms with Crippen molar-refractivity contribution in [1.29, 1.82) is 0 Å². The summed E-state index contributed by atoms with van der Waals surface area (Å²) < 4.78 is 3.89. The van der Waals surface area contributed by atoms with Gasteiger partial charge in [0.05, 0.1) is 17.6 Å². The third-order valence-corrected chi connectivity index (χ3v) is 4.08. The van der Waals surface area contributed by atoms with Gasteiger partial charge in [-0.15, -0.1) is 5.10 Å². The molecule has 0 saturated heterocycles. The van der Waals surface area contributed by atoms with Gasteiger partial charge in [0.15, 0.2) is 0 Å². The van der Waals surface area contributed by atoms with Crippen LogP contribution in [0.5, 0.6) is 0 Å². The minimum atomic E-state index is -0.206. The number of anilines is 1. The van der Waals surface area contributed by atoms with Gasteiger partial charge in [-0.1, -0.05) is 21.1 Å². The fraction of sp³-hybridized carbons (Fsp3) is 0.182. The first-order valence-electron chi connectivity index (χ1n) is 5.53. The molecule has 0 spiro atoms. The Morgan fingerprint density at radius 2 is 1.95 bits per heavy atom. The normalized spacial score (nSPS) is 10.6. The van der Waals surface area contributed by atoms with Gasteiger partial charge < -0.3 is 11.1 Å². The number of nitrogens with one attached hydrogen (secondary N) is 1. The SMILES string of the molecule is NCc1cn(CC(=O)Nc2c(Br)cc(Br)cc2Br)nn1. The summed E-state index contributed by atoms with van der Waals surface area (Å²) in [6.07, 6.45) is 1.64. The molecule has 2 rings (SSSR count). The minimum absolute atomic E-state index is 0.0714. The number of halogens is 3. The highest BCUT2D eigenvalue weighted by atomic mass is 79.9. The molecule has 1 heterocycles. The summed E-state index contributed by atoms with van der Waals surface area (Å²) in [6.45, 7) is 0.368. The summed E-state index contributed by atoms with van der Waals surface area (Å²) >= 11 is 10.2. The van der Waals surface area contributed by atoms with Gasteiger partial charge >= 0.3 is 0 Å². The van der Waals surface area contributed by atoms with E-state index >= 15 is 0 Å². The number of carbonyl (C=O) groups excluding carboxylic acids is 1. The Labute approximate surface area is 140 Å². The first kappa shape index (κ1) is 15.6. The second-order valence-electron chi connectivity index (χ2n) is 3.90. The standard InChI is InChI=1S/C11H10Br3N5O/c12-6-1-8(13)11(9(14)2-6)16-10(20)5-19-4-7(3-15)17-18-19/h1-2,4H,3,5,15H2,(H,16,20). The maximum absolute atomic E-state index is 12.0. The first-order chi connectivity index (χ1) is 9.49. The lowest BCUT2D eigenvalue weighted by Crippen LogP contribution is -2.19. The van der Waals surface area contributed by atoms with E-state index in [4.69, 9.17) is 5.73 Å². The average Bonchev–Trinajstić information content (AvgIpc) is 2.81. The van der Waals surface area contributed by atoms with Crippen molar-refractivity contribution in [3.63, 3.8) is 0 Å². The number of hydrogen-bond donors (Lipinski definition) is 2. The van der Waals surface area contributed by atoms with E-state index in [9.17, 15) is 4.79 Å². The van der Waals surface area contributed by atoms with Crippen LogP contribution in [0.2, 0.25) is 0 Å². The summed E-state index contributed by atoms with van der Waals surface area (Å²) in [5.74, 6) is -0.206. The van der Waals surface area contributed by atoms with Gasteiger partial charge in [0, 0.05) is 20.0 Å². The Balaban J connectivity index is 2.08. The topological polar surface area (TPSA) is 85.8 Å². The number of hydrogen-bond acceptors (Lipinski definition) is 4. The number of nitrogens with two attached hydrogens (primary N) is 1. The number of aromatic nitrogens is 3. The maximum atomic E-state index is 12.0. The first-order valence-corrected chi connectivity index (χ1v) is 7.91. The van der Waals surface area contributed by atoms with E-state index in [1.54, 1.807) is 6.20 Å². The highest BCUT2D eigenvalue weighted by molar-refractivity contribution is 9.11. The summed E-state index contributed by atoms with van der Waals surface area (Å²) in [5.41, 5.74) is 6.74. The van der Waals surface area contributed by atoms with E-state index < -0.39 is 0 Å². The molecule has 0 atom stereocenters. The molecule has 1 aromatic carbocycles. The molecule has 0 aliphatic rings. The molecular weight excluding hydrogens is 458 g/mol. The lowest BCUT2D eigenvalue weighted by atomic mass is 10.3. The molecule has 0 fully saturated rings. The lowest BCUT2D eigenvalue weighted by Gasteiger charge is -2.10. The van der Waals surface area contributed by atoms with E-state index in [0.717, 1.165) is 13.4 Å². The van der Waals surface area contributed by atoms with Crippen LogP contribution in [0.25, 0.3) is 0 Å². The lowest BCUT2D eigenvalue weighted by molar-refractivity contribution is -0.116. The smallest absolute Gasteiger partial charge is 0.246 e. The number of carbonyl (C=O) groups is 1. The predicted octanol–water partition coefficient (Wildman–Crippen LogP) is 2.66. The van der Waals surface area contributed by atoms with Crippen LogP contribution in [0.15, 0.2) is 31.7 Å². The fourth-order valence-electron chi connectivity index (χ4n) is 1.50. The van der Waals surface area contributed by atoms with Crippen molar-refractivity contribution in [3.8, 4) is 0 Å². The van der Waals surface area contributed by atoms with Crippen LogP contribution < -0.4 is 11.1 Å². The molecule has 0 saturated carbocycles. The predicted molar refractivity (Wildman–Crippen MR) is 86.1 cm³/mol. The number of benzene rings is 1. The van der Waals surface area contributed by atoms with Crippen LogP contribution >= 0.6 is 47.8 Å². The second kappa shape index (κ2) is 6.79. The second-order valence-corrected chi connectivity index (χ2v) is 6.53. The molecule has 0 unspecified atom stereocenters. The Hall–Kier alpha value is -0.770. The molecule has 106 valence electrons. The Kier molecular flexibility index (Phi) is 5.30. The monoisotopic (exact) mass is 465 g/mol. The molecule has 0 radical (unpaired) electrons. The van der Waals surface area contributed by atoms with Crippen molar-refractivity contribution in [2.75, 3.05) is 5.32 Å². The third kappa shape index (κ3) is 3.87. The van der Waals surface area contributed by atoms with Gasteiger partial charge in [-0.2, -0.15) is 0 Å². The Morgan fingerprint density at radius 1 is 1.30 bits per heavy atom. The van der Waals surface area contributed by atoms with Gasteiger partial charge in [-0.3, -0.25) is 4.79 Å². The van der Waals surface area contributed by atoms with Crippen molar-refractivity contribution in [2.24, 2.45) is 5.73 Å². The molecule has 0 aliphatic carbocycles. The molecule has 9 heteroatoms. The van der Waals surface area contributed by atoms with Crippen LogP contribution in [0, 0.1) is 0 Å². The van der Waals surface area contributed by atoms with Crippen molar-refractivity contribution in [2.45, 2.75) is 13.1 Å². The number of rotatable bonds is 4. The van der Waals surface area contributed by atoms with Crippen molar-refractivity contribution in [3.05, 3.63) is 37.4 Å². The quantitative estimate of drug-likeness (QED) is 0.724. The molecule has 0 aliphatic heterocycles. The van der Waals surface area contributed by atoms with E-state index in [1.165, 1.54) is 4.68 Å². The molecule has 0 bridgehead atoms. The van der Waals surface area contributed by atoms with Gasteiger partial charge in [-0.05, 0) is 44.0 Å². The molecule has 6 nitrogen and oxygen atoms in total. The van der Waals surface area contributed by atoms with E-state index in [-0.39, 0.29) is 12.5 Å². The molecule has 1 amide bonds. The maximum Gasteiger partial charge on any atom is 0.246 e. The van der Waals surface area contributed by atoms with Crippen molar-refractivity contribution in [1.82, 2.24) is 15.0 Å². The zero-order chi connectivity index (χ0) is 14.7. The summed E-state index contributed by atoms with van der Waals surface area (Å²) in [6, 6.07) is 3.70. The highest BCUT2D eigenvalue weighted by Crippen LogP contribution is 2.34. The largest absolute Gasteiger partial charge is 0.325 e. The molecule has 3 N–H and O–H groups in total. The van der Waals surface area contributed by atoms with Crippen molar-refractivity contribution >= 4 is 59.4 Å². The van der Waals surface area contributed by atoms with E-state index in [2.05, 4.69) is 63.4 Å². The number of amides is 1. The van der Waals surface area contributed by atoms with Crippen LogP contribution in [-0.4, -0.2) is 20.9 Å². The van der Waals surface area contributed by atoms with E-state index in [1.807, 2.05) is 12.1 Å². The molecular formula is C11H10Br3N5O. The van der Waals surface area contributed by atoms with Crippen LogP contribution in [-0.2, 0) is 17.9 Å². The summed E-state index contributed by atoms with van der Waals surface area (Å²) in [4.78, 5) is 12.0. The summed E-state index contributed by atoms with van der Waals surface area (Å²) in [5, 5.41) is 10.5. The van der Waals surface area contributed by atoms with E-state index in [0.29, 0.717) is 17.9 Å². The Bertz CT molecular complexity index is 620. The van der Waals surface area contributed by atoms with Crippen LogP contribution in [0.3, 0.4) is 0 Å².